The van der Waals surface area contributed by atoms with Gasteiger partial charge in [-0.3, -0.25) is 0 Å². The molecule has 0 aliphatic carbocycles. The first-order chi connectivity index (χ1) is 14.6. The minimum Gasteiger partial charge on any atom is -0.493 e. The molecule has 0 spiro atoms. The Hall–Kier alpha value is -2.93. The number of hydrogen-bond acceptors (Lipinski definition) is 5. The van der Waals surface area contributed by atoms with Crippen molar-refractivity contribution in [2.75, 3.05) is 39.2 Å². The van der Waals surface area contributed by atoms with Gasteiger partial charge >= 0.3 is 6.03 Å². The zero-order valence-corrected chi connectivity index (χ0v) is 17.8. The van der Waals surface area contributed by atoms with Crippen LogP contribution in [0.15, 0.2) is 42.5 Å². The van der Waals surface area contributed by atoms with Gasteiger partial charge in [0.2, 0.25) is 0 Å². The van der Waals surface area contributed by atoms with Crippen LogP contribution in [0.4, 0.5) is 10.5 Å². The van der Waals surface area contributed by atoms with Crippen LogP contribution < -0.4 is 25.8 Å². The summed E-state index contributed by atoms with van der Waals surface area (Å²) in [7, 11) is 3.21. The van der Waals surface area contributed by atoms with Gasteiger partial charge in [-0.15, -0.1) is 0 Å². The average molecular weight is 413 g/mol. The highest BCUT2D eigenvalue weighted by Gasteiger charge is 2.23. The molecule has 2 amide bonds. The van der Waals surface area contributed by atoms with Crippen LogP contribution in [0.5, 0.6) is 11.5 Å². The third kappa shape index (κ3) is 5.57. The monoisotopic (exact) mass is 412 g/mol. The van der Waals surface area contributed by atoms with Gasteiger partial charge in [0, 0.05) is 36.9 Å². The molecule has 7 heteroatoms. The fraction of sp³-hybridized carbons (Fsp3) is 0.435. The summed E-state index contributed by atoms with van der Waals surface area (Å²) in [5.74, 6) is 1.31. The van der Waals surface area contributed by atoms with E-state index in [0.717, 1.165) is 43.6 Å². The first-order valence-corrected chi connectivity index (χ1v) is 10.4. The second-order valence-corrected chi connectivity index (χ2v) is 7.45. The lowest BCUT2D eigenvalue weighted by atomic mass is 10.0. The van der Waals surface area contributed by atoms with Gasteiger partial charge in [-0.2, -0.15) is 0 Å². The highest BCUT2D eigenvalue weighted by molar-refractivity contribution is 5.74. The standard InChI is InChI=1S/C23H32N4O3/c1-29-21-5-3-4-18(22(21)30-2)16-25-23(28)27-14-11-20(12-15-27)26-19-8-6-17(7-9-19)10-13-24/h3-9,20,26H,10-16,24H2,1-2H3,(H,25,28). The summed E-state index contributed by atoms with van der Waals surface area (Å²) in [6, 6.07) is 14.4. The Kier molecular flexibility index (Phi) is 7.79. The molecule has 4 N–H and O–H groups in total. The van der Waals surface area contributed by atoms with E-state index in [1.807, 2.05) is 23.1 Å². The molecule has 2 aromatic rings. The molecular weight excluding hydrogens is 380 g/mol. The Morgan fingerprint density at radius 1 is 1.10 bits per heavy atom. The second-order valence-electron chi connectivity index (χ2n) is 7.45. The molecule has 1 aliphatic rings. The Labute approximate surface area is 178 Å². The van der Waals surface area contributed by atoms with Gasteiger partial charge in [-0.1, -0.05) is 24.3 Å². The Morgan fingerprint density at radius 3 is 2.47 bits per heavy atom. The number of nitrogens with one attached hydrogen (secondary N) is 2. The SMILES string of the molecule is COc1cccc(CNC(=O)N2CCC(Nc3ccc(CCN)cc3)CC2)c1OC. The molecule has 1 aliphatic heterocycles. The average Bonchev–Trinajstić information content (AvgIpc) is 2.79. The minimum absolute atomic E-state index is 0.0514. The van der Waals surface area contributed by atoms with Crippen molar-refractivity contribution < 1.29 is 14.3 Å². The number of amides is 2. The van der Waals surface area contributed by atoms with E-state index in [2.05, 4.69) is 34.9 Å². The first kappa shape index (κ1) is 21.8. The van der Waals surface area contributed by atoms with Gasteiger partial charge < -0.3 is 30.7 Å². The number of benzene rings is 2. The van der Waals surface area contributed by atoms with Crippen molar-refractivity contribution in [1.29, 1.82) is 0 Å². The maximum absolute atomic E-state index is 12.6. The van der Waals surface area contributed by atoms with Crippen LogP contribution in [0.3, 0.4) is 0 Å². The second kappa shape index (κ2) is 10.7. The normalized spacial score (nSPS) is 14.3. The number of rotatable bonds is 8. The lowest BCUT2D eigenvalue weighted by Crippen LogP contribution is -2.46. The minimum atomic E-state index is -0.0514. The van der Waals surface area contributed by atoms with Crippen molar-refractivity contribution >= 4 is 11.7 Å². The Morgan fingerprint density at radius 2 is 1.83 bits per heavy atom. The van der Waals surface area contributed by atoms with Gasteiger partial charge in [0.1, 0.15) is 0 Å². The summed E-state index contributed by atoms with van der Waals surface area (Å²) in [5, 5.41) is 6.57. The largest absolute Gasteiger partial charge is 0.493 e. The van der Waals surface area contributed by atoms with Gasteiger partial charge in [-0.05, 0) is 49.6 Å². The molecule has 1 fully saturated rings. The van der Waals surface area contributed by atoms with Crippen molar-refractivity contribution in [1.82, 2.24) is 10.2 Å². The molecule has 0 unspecified atom stereocenters. The van der Waals surface area contributed by atoms with E-state index in [1.54, 1.807) is 14.2 Å². The van der Waals surface area contributed by atoms with Crippen molar-refractivity contribution in [3.8, 4) is 11.5 Å². The molecule has 2 aromatic carbocycles. The lowest BCUT2D eigenvalue weighted by Gasteiger charge is -2.33. The summed E-state index contributed by atoms with van der Waals surface area (Å²) in [6.07, 6.45) is 2.73. The predicted molar refractivity (Wildman–Crippen MR) is 119 cm³/mol. The molecule has 3 rings (SSSR count). The van der Waals surface area contributed by atoms with Crippen LogP contribution in [0.1, 0.15) is 24.0 Å². The van der Waals surface area contributed by atoms with Crippen LogP contribution in [0.25, 0.3) is 0 Å². The zero-order valence-electron chi connectivity index (χ0n) is 17.8. The number of piperidine rings is 1. The van der Waals surface area contributed by atoms with Crippen LogP contribution in [-0.4, -0.2) is 50.8 Å². The number of methoxy groups -OCH3 is 2. The van der Waals surface area contributed by atoms with Crippen molar-refractivity contribution in [2.24, 2.45) is 5.73 Å². The van der Waals surface area contributed by atoms with E-state index in [1.165, 1.54) is 5.56 Å². The Balaban J connectivity index is 1.46. The fourth-order valence-electron chi connectivity index (χ4n) is 3.77. The van der Waals surface area contributed by atoms with Crippen LogP contribution in [0.2, 0.25) is 0 Å². The summed E-state index contributed by atoms with van der Waals surface area (Å²) in [4.78, 5) is 14.5. The van der Waals surface area contributed by atoms with E-state index in [0.29, 0.717) is 30.6 Å². The number of ether oxygens (including phenoxy) is 2. The molecule has 1 saturated heterocycles. The van der Waals surface area contributed by atoms with Crippen molar-refractivity contribution in [3.63, 3.8) is 0 Å². The molecule has 1 heterocycles. The first-order valence-electron chi connectivity index (χ1n) is 10.4. The maximum atomic E-state index is 12.6. The summed E-state index contributed by atoms with van der Waals surface area (Å²) < 4.78 is 10.8. The molecule has 0 aromatic heterocycles. The van der Waals surface area contributed by atoms with Crippen molar-refractivity contribution in [2.45, 2.75) is 31.8 Å². The highest BCUT2D eigenvalue weighted by atomic mass is 16.5. The van der Waals surface area contributed by atoms with Crippen molar-refractivity contribution in [3.05, 3.63) is 53.6 Å². The van der Waals surface area contributed by atoms with E-state index in [9.17, 15) is 4.79 Å². The maximum Gasteiger partial charge on any atom is 0.317 e. The number of hydrogen-bond donors (Lipinski definition) is 3. The number of carbonyl (C=O) groups excluding carboxylic acids is 1. The molecule has 30 heavy (non-hydrogen) atoms. The zero-order chi connectivity index (χ0) is 21.3. The molecule has 0 radical (unpaired) electrons. The van der Waals surface area contributed by atoms with Gasteiger partial charge in [0.05, 0.1) is 14.2 Å². The van der Waals surface area contributed by atoms with Crippen LogP contribution >= 0.6 is 0 Å². The van der Waals surface area contributed by atoms with E-state index < -0.39 is 0 Å². The van der Waals surface area contributed by atoms with Gasteiger partial charge in [-0.25, -0.2) is 4.79 Å². The smallest absolute Gasteiger partial charge is 0.317 e. The number of nitrogens with two attached hydrogens (primary N) is 1. The number of urea groups is 1. The third-order valence-corrected chi connectivity index (χ3v) is 5.45. The quantitative estimate of drug-likeness (QED) is 0.620. The predicted octanol–water partition coefficient (Wildman–Crippen LogP) is 2.99. The van der Waals surface area contributed by atoms with E-state index in [4.69, 9.17) is 15.2 Å². The van der Waals surface area contributed by atoms with Crippen LogP contribution in [-0.2, 0) is 13.0 Å². The van der Waals surface area contributed by atoms with Crippen LogP contribution in [0, 0.1) is 0 Å². The third-order valence-electron chi connectivity index (χ3n) is 5.45. The molecule has 0 bridgehead atoms. The molecule has 0 saturated carbocycles. The molecule has 7 nitrogen and oxygen atoms in total. The molecule has 0 atom stereocenters. The van der Waals surface area contributed by atoms with Gasteiger partial charge in [0.15, 0.2) is 11.5 Å². The number of carbonyl (C=O) groups is 1. The van der Waals surface area contributed by atoms with E-state index >= 15 is 0 Å². The fourth-order valence-corrected chi connectivity index (χ4v) is 3.77. The summed E-state index contributed by atoms with van der Waals surface area (Å²) in [5.41, 5.74) is 8.86. The number of likely N-dealkylation sites (tertiary alicyclic amines) is 1. The molecular formula is C23H32N4O3. The summed E-state index contributed by atoms with van der Waals surface area (Å²) in [6.45, 7) is 2.51. The number of para-hydroxylation sites is 1. The Bertz CT molecular complexity index is 818. The highest BCUT2D eigenvalue weighted by Crippen LogP contribution is 2.30. The van der Waals surface area contributed by atoms with E-state index in [-0.39, 0.29) is 6.03 Å². The lowest BCUT2D eigenvalue weighted by molar-refractivity contribution is 0.183. The topological polar surface area (TPSA) is 88.9 Å². The summed E-state index contributed by atoms with van der Waals surface area (Å²) >= 11 is 0. The van der Waals surface area contributed by atoms with Gasteiger partial charge in [0.25, 0.3) is 0 Å². The molecule has 162 valence electrons. The number of nitrogens with zero attached hydrogens (tertiary/aromatic N) is 1. The number of anilines is 1.